The molecule has 0 radical (unpaired) electrons. The second kappa shape index (κ2) is 5.66. The van der Waals surface area contributed by atoms with Gasteiger partial charge >= 0.3 is 6.61 Å². The zero-order valence-electron chi connectivity index (χ0n) is 9.80. The monoisotopic (exact) mass is 301 g/mol. The highest BCUT2D eigenvalue weighted by atomic mass is 32.2. The normalized spacial score (nSPS) is 17.7. The van der Waals surface area contributed by atoms with Crippen LogP contribution in [0.4, 0.5) is 8.78 Å². The largest absolute Gasteiger partial charge is 0.435 e. The molecule has 1 saturated heterocycles. The van der Waals surface area contributed by atoms with Gasteiger partial charge in [0.15, 0.2) is 0 Å². The van der Waals surface area contributed by atoms with Crippen LogP contribution in [0.3, 0.4) is 0 Å². The number of ether oxygens (including phenoxy) is 1. The Hall–Kier alpha value is -1.47. The van der Waals surface area contributed by atoms with Gasteiger partial charge in [-0.25, -0.2) is 0 Å². The number of halogens is 2. The van der Waals surface area contributed by atoms with Crippen LogP contribution < -0.4 is 4.74 Å². The fraction of sp³-hybridized carbons (Fsp3) is 0.167. The number of likely N-dealkylation sites (N-methyl/N-ethyl adjacent to an activating group) is 1. The first-order valence-electron chi connectivity index (χ1n) is 5.24. The predicted octanol–water partition coefficient (Wildman–Crippen LogP) is 3.12. The second-order valence-electron chi connectivity index (χ2n) is 3.69. The third kappa shape index (κ3) is 3.30. The van der Waals surface area contributed by atoms with Crippen molar-refractivity contribution < 1.29 is 18.3 Å². The van der Waals surface area contributed by atoms with Gasteiger partial charge in [-0.05, 0) is 23.8 Å². The summed E-state index contributed by atoms with van der Waals surface area (Å²) in [7, 11) is 1.61. The van der Waals surface area contributed by atoms with Crippen LogP contribution in [-0.2, 0) is 4.79 Å². The molecular formula is C12H9F2NO2S2. The molecule has 19 heavy (non-hydrogen) atoms. The minimum absolute atomic E-state index is 0.0789. The number of benzene rings is 1. The van der Waals surface area contributed by atoms with Crippen molar-refractivity contribution in [3.05, 3.63) is 34.7 Å². The predicted molar refractivity (Wildman–Crippen MR) is 74.0 cm³/mol. The number of hydrogen-bond acceptors (Lipinski definition) is 4. The molecule has 1 amide bonds. The van der Waals surface area contributed by atoms with E-state index in [1.165, 1.54) is 28.8 Å². The Morgan fingerprint density at radius 3 is 2.47 bits per heavy atom. The smallest absolute Gasteiger partial charge is 0.387 e. The Morgan fingerprint density at radius 1 is 1.37 bits per heavy atom. The molecule has 1 aliphatic rings. The number of alkyl halides is 2. The molecule has 2 rings (SSSR count). The van der Waals surface area contributed by atoms with Crippen LogP contribution in [0.15, 0.2) is 29.2 Å². The average molecular weight is 301 g/mol. The third-order valence-electron chi connectivity index (χ3n) is 2.39. The topological polar surface area (TPSA) is 29.5 Å². The highest BCUT2D eigenvalue weighted by Gasteiger charge is 2.28. The lowest BCUT2D eigenvalue weighted by molar-refractivity contribution is -0.121. The van der Waals surface area contributed by atoms with Gasteiger partial charge in [-0.3, -0.25) is 9.69 Å². The Kier molecular flexibility index (Phi) is 4.16. The maximum absolute atomic E-state index is 12.0. The van der Waals surface area contributed by atoms with Crippen LogP contribution in [-0.4, -0.2) is 28.8 Å². The molecule has 1 aliphatic heterocycles. The van der Waals surface area contributed by atoms with Crippen molar-refractivity contribution in [1.82, 2.24) is 4.90 Å². The number of rotatable bonds is 3. The highest BCUT2D eigenvalue weighted by Crippen LogP contribution is 2.31. The summed E-state index contributed by atoms with van der Waals surface area (Å²) < 4.78 is 28.7. The van der Waals surface area contributed by atoms with Crippen LogP contribution in [0, 0.1) is 0 Å². The summed E-state index contributed by atoms with van der Waals surface area (Å²) in [6.07, 6.45) is 1.66. The number of carbonyl (C=O) groups is 1. The maximum atomic E-state index is 12.0. The molecule has 0 aromatic heterocycles. The lowest BCUT2D eigenvalue weighted by Crippen LogP contribution is -2.22. The molecule has 1 fully saturated rings. The van der Waals surface area contributed by atoms with Crippen molar-refractivity contribution >= 4 is 40.3 Å². The fourth-order valence-electron chi connectivity index (χ4n) is 1.44. The van der Waals surface area contributed by atoms with E-state index in [9.17, 15) is 13.6 Å². The van der Waals surface area contributed by atoms with Gasteiger partial charge in [0.05, 0.1) is 4.91 Å². The van der Waals surface area contributed by atoms with Crippen LogP contribution >= 0.6 is 24.0 Å². The summed E-state index contributed by atoms with van der Waals surface area (Å²) in [6.45, 7) is -2.85. The van der Waals surface area contributed by atoms with E-state index in [1.807, 2.05) is 0 Å². The Balaban J connectivity index is 2.16. The zero-order chi connectivity index (χ0) is 14.0. The number of nitrogens with zero attached hydrogens (tertiary/aromatic N) is 1. The van der Waals surface area contributed by atoms with Gasteiger partial charge in [0.25, 0.3) is 5.91 Å². The van der Waals surface area contributed by atoms with Crippen molar-refractivity contribution in [3.63, 3.8) is 0 Å². The van der Waals surface area contributed by atoms with E-state index in [-0.39, 0.29) is 11.7 Å². The lowest BCUT2D eigenvalue weighted by Gasteiger charge is -2.04. The molecule has 0 spiro atoms. The zero-order valence-corrected chi connectivity index (χ0v) is 11.4. The Morgan fingerprint density at radius 2 is 2.00 bits per heavy atom. The summed E-state index contributed by atoms with van der Waals surface area (Å²) in [5.74, 6) is -0.0851. The van der Waals surface area contributed by atoms with Crippen LogP contribution in [0.25, 0.3) is 6.08 Å². The molecule has 0 atom stereocenters. The van der Waals surface area contributed by atoms with Gasteiger partial charge in [0.1, 0.15) is 10.1 Å². The van der Waals surface area contributed by atoms with E-state index in [2.05, 4.69) is 4.74 Å². The number of thiocarbonyl (C=S) groups is 1. The van der Waals surface area contributed by atoms with Crippen LogP contribution in [0.2, 0.25) is 0 Å². The first kappa shape index (κ1) is 14.0. The standard InChI is InChI=1S/C12H9F2NO2S2/c1-15-10(16)9(19-12(15)18)6-7-2-4-8(5-3-7)17-11(13)14/h2-6,11H,1H3. The number of hydrogen-bond donors (Lipinski definition) is 0. The number of carbonyl (C=O) groups excluding carboxylic acids is 1. The molecule has 0 aliphatic carbocycles. The van der Waals surface area contributed by atoms with Crippen molar-refractivity contribution in [2.75, 3.05) is 7.05 Å². The SMILES string of the molecule is CN1C(=O)C(=Cc2ccc(OC(F)F)cc2)SC1=S. The first-order chi connectivity index (χ1) is 8.97. The Bertz CT molecular complexity index is 543. The van der Waals surface area contributed by atoms with E-state index >= 15 is 0 Å². The van der Waals surface area contributed by atoms with Gasteiger partial charge in [-0.2, -0.15) is 8.78 Å². The number of thioether (sulfide) groups is 1. The summed E-state index contributed by atoms with van der Waals surface area (Å²) in [5.41, 5.74) is 0.718. The highest BCUT2D eigenvalue weighted by molar-refractivity contribution is 8.26. The van der Waals surface area contributed by atoms with Crippen molar-refractivity contribution in [2.45, 2.75) is 6.61 Å². The number of amides is 1. The molecule has 0 bridgehead atoms. The van der Waals surface area contributed by atoms with Gasteiger partial charge in [0, 0.05) is 7.05 Å². The molecule has 0 saturated carbocycles. The molecular weight excluding hydrogens is 292 g/mol. The third-order valence-corrected chi connectivity index (χ3v) is 3.87. The van der Waals surface area contributed by atoms with Gasteiger partial charge < -0.3 is 4.74 Å². The molecule has 0 N–H and O–H groups in total. The second-order valence-corrected chi connectivity index (χ2v) is 5.36. The minimum Gasteiger partial charge on any atom is -0.435 e. The van der Waals surface area contributed by atoms with Crippen LogP contribution in [0.1, 0.15) is 5.56 Å². The summed E-state index contributed by atoms with van der Waals surface area (Å²) in [4.78, 5) is 13.7. The van der Waals surface area contributed by atoms with Gasteiger partial charge in [0.2, 0.25) is 0 Å². The van der Waals surface area contributed by atoms with Gasteiger partial charge in [-0.15, -0.1) is 0 Å². The average Bonchev–Trinajstić information content (AvgIpc) is 2.59. The molecule has 3 nitrogen and oxygen atoms in total. The molecule has 1 aromatic rings. The molecule has 7 heteroatoms. The summed E-state index contributed by atoms with van der Waals surface area (Å²) in [5, 5.41) is 0. The van der Waals surface area contributed by atoms with E-state index in [0.717, 1.165) is 5.56 Å². The van der Waals surface area contributed by atoms with Crippen LogP contribution in [0.5, 0.6) is 5.75 Å². The Labute approximate surface area is 118 Å². The lowest BCUT2D eigenvalue weighted by atomic mass is 10.2. The molecule has 1 aromatic carbocycles. The molecule has 0 unspecified atom stereocenters. The minimum atomic E-state index is -2.85. The molecule has 100 valence electrons. The summed E-state index contributed by atoms with van der Waals surface area (Å²) >= 11 is 6.21. The van der Waals surface area contributed by atoms with E-state index in [4.69, 9.17) is 12.2 Å². The van der Waals surface area contributed by atoms with Crippen molar-refractivity contribution in [3.8, 4) is 5.75 Å². The fourth-order valence-corrected chi connectivity index (χ4v) is 2.62. The summed E-state index contributed by atoms with van der Waals surface area (Å²) in [6, 6.07) is 6.04. The van der Waals surface area contributed by atoms with E-state index in [1.54, 1.807) is 25.3 Å². The van der Waals surface area contributed by atoms with Gasteiger partial charge in [-0.1, -0.05) is 36.1 Å². The maximum Gasteiger partial charge on any atom is 0.387 e. The molecule has 1 heterocycles. The quantitative estimate of drug-likeness (QED) is 0.634. The van der Waals surface area contributed by atoms with Crippen molar-refractivity contribution in [2.24, 2.45) is 0 Å². The van der Waals surface area contributed by atoms with E-state index < -0.39 is 6.61 Å². The first-order valence-corrected chi connectivity index (χ1v) is 6.46. The van der Waals surface area contributed by atoms with Crippen molar-refractivity contribution in [1.29, 1.82) is 0 Å². The van der Waals surface area contributed by atoms with E-state index in [0.29, 0.717) is 9.23 Å².